The number of urea groups is 1. The average molecular weight is 257 g/mol. The largest absolute Gasteiger partial charge is 0.481 e. The van der Waals surface area contributed by atoms with Crippen molar-refractivity contribution >= 4 is 17.9 Å². The lowest BCUT2D eigenvalue weighted by Crippen LogP contribution is -2.46. The van der Waals surface area contributed by atoms with Crippen LogP contribution in [0.1, 0.15) is 26.2 Å². The van der Waals surface area contributed by atoms with E-state index in [0.29, 0.717) is 6.54 Å². The zero-order valence-corrected chi connectivity index (χ0v) is 10.4. The molecule has 0 unspecified atom stereocenters. The summed E-state index contributed by atoms with van der Waals surface area (Å²) in [6.07, 6.45) is 1.72. The Morgan fingerprint density at radius 1 is 1.28 bits per heavy atom. The molecule has 102 valence electrons. The summed E-state index contributed by atoms with van der Waals surface area (Å²) in [7, 11) is 0. The first-order valence-electron chi connectivity index (χ1n) is 6.07. The highest BCUT2D eigenvalue weighted by Crippen LogP contribution is 2.26. The molecule has 1 aliphatic carbocycles. The predicted molar refractivity (Wildman–Crippen MR) is 64.1 cm³/mol. The normalized spacial score (nSPS) is 13.8. The van der Waals surface area contributed by atoms with Crippen molar-refractivity contribution in [2.24, 2.45) is 0 Å². The van der Waals surface area contributed by atoms with Crippen molar-refractivity contribution in [2.75, 3.05) is 19.6 Å². The number of nitrogens with one attached hydrogen (secondary N) is 2. The second-order valence-electron chi connectivity index (χ2n) is 4.18. The molecule has 3 amide bonds. The van der Waals surface area contributed by atoms with Gasteiger partial charge in [-0.25, -0.2) is 4.79 Å². The van der Waals surface area contributed by atoms with Gasteiger partial charge in [0, 0.05) is 19.1 Å². The first-order chi connectivity index (χ1) is 8.54. The first kappa shape index (κ1) is 14.3. The Balaban J connectivity index is 2.35. The van der Waals surface area contributed by atoms with Crippen molar-refractivity contribution in [3.05, 3.63) is 0 Å². The zero-order valence-electron chi connectivity index (χ0n) is 10.4. The van der Waals surface area contributed by atoms with Crippen LogP contribution in [0, 0.1) is 0 Å². The van der Waals surface area contributed by atoms with E-state index in [0.717, 1.165) is 12.8 Å². The Hall–Kier alpha value is -1.79. The molecule has 1 aliphatic rings. The van der Waals surface area contributed by atoms with E-state index in [1.165, 1.54) is 4.90 Å². The molecule has 1 saturated carbocycles. The maximum Gasteiger partial charge on any atom is 0.318 e. The lowest BCUT2D eigenvalue weighted by atomic mass is 10.4. The van der Waals surface area contributed by atoms with Crippen LogP contribution in [0.5, 0.6) is 0 Å². The number of hydrogen-bond donors (Lipinski definition) is 3. The van der Waals surface area contributed by atoms with Gasteiger partial charge in [-0.3, -0.25) is 9.59 Å². The monoisotopic (exact) mass is 257 g/mol. The molecule has 0 radical (unpaired) electrons. The van der Waals surface area contributed by atoms with Gasteiger partial charge in [-0.15, -0.1) is 0 Å². The van der Waals surface area contributed by atoms with Gasteiger partial charge in [-0.05, 0) is 19.8 Å². The summed E-state index contributed by atoms with van der Waals surface area (Å²) in [6.45, 7) is 2.41. The van der Waals surface area contributed by atoms with Gasteiger partial charge in [-0.2, -0.15) is 0 Å². The molecule has 0 aromatic carbocycles. The van der Waals surface area contributed by atoms with Crippen molar-refractivity contribution in [2.45, 2.75) is 32.2 Å². The number of amides is 3. The molecule has 0 spiro atoms. The van der Waals surface area contributed by atoms with Crippen molar-refractivity contribution in [3.63, 3.8) is 0 Å². The standard InChI is InChI=1S/C11H19N3O4/c1-2-12-9(15)7-13-11(18)14(8-3-4-8)6-5-10(16)17/h8H,2-7H2,1H3,(H,12,15)(H,13,18)(H,16,17). The van der Waals surface area contributed by atoms with Crippen molar-refractivity contribution in [3.8, 4) is 0 Å². The fourth-order valence-corrected chi connectivity index (χ4v) is 1.57. The van der Waals surface area contributed by atoms with Crippen LogP contribution < -0.4 is 10.6 Å². The number of aliphatic carboxylic acids is 1. The molecule has 0 aromatic rings. The van der Waals surface area contributed by atoms with Gasteiger partial charge in [0.05, 0.1) is 13.0 Å². The van der Waals surface area contributed by atoms with Gasteiger partial charge in [0.1, 0.15) is 0 Å². The summed E-state index contributed by atoms with van der Waals surface area (Å²) in [5.74, 6) is -1.18. The van der Waals surface area contributed by atoms with Crippen molar-refractivity contribution in [1.29, 1.82) is 0 Å². The zero-order chi connectivity index (χ0) is 13.5. The highest BCUT2D eigenvalue weighted by Gasteiger charge is 2.32. The lowest BCUT2D eigenvalue weighted by molar-refractivity contribution is -0.137. The SMILES string of the molecule is CCNC(=O)CNC(=O)N(CCC(=O)O)C1CC1. The Morgan fingerprint density at radius 2 is 1.94 bits per heavy atom. The first-order valence-corrected chi connectivity index (χ1v) is 6.07. The van der Waals surface area contributed by atoms with Gasteiger partial charge in [0.25, 0.3) is 0 Å². The van der Waals surface area contributed by atoms with E-state index < -0.39 is 5.97 Å². The van der Waals surface area contributed by atoms with Crippen LogP contribution in [0.4, 0.5) is 4.79 Å². The number of carboxylic acids is 1. The summed E-state index contributed by atoms with van der Waals surface area (Å²) in [4.78, 5) is 35.0. The molecule has 0 atom stereocenters. The number of carbonyl (C=O) groups is 3. The molecular weight excluding hydrogens is 238 g/mol. The lowest BCUT2D eigenvalue weighted by Gasteiger charge is -2.21. The number of carboxylic acid groups (broad SMARTS) is 1. The number of likely N-dealkylation sites (N-methyl/N-ethyl adjacent to an activating group) is 1. The molecule has 0 saturated heterocycles. The van der Waals surface area contributed by atoms with Crippen LogP contribution in [0.15, 0.2) is 0 Å². The highest BCUT2D eigenvalue weighted by molar-refractivity contribution is 5.84. The van der Waals surface area contributed by atoms with Crippen LogP contribution >= 0.6 is 0 Å². The molecule has 18 heavy (non-hydrogen) atoms. The topological polar surface area (TPSA) is 98.7 Å². The molecule has 0 heterocycles. The molecule has 3 N–H and O–H groups in total. The van der Waals surface area contributed by atoms with Crippen LogP contribution in [0.25, 0.3) is 0 Å². The van der Waals surface area contributed by atoms with Crippen LogP contribution in [-0.4, -0.2) is 53.6 Å². The van der Waals surface area contributed by atoms with Gasteiger partial charge >= 0.3 is 12.0 Å². The van der Waals surface area contributed by atoms with E-state index in [9.17, 15) is 14.4 Å². The summed E-state index contributed by atoms with van der Waals surface area (Å²) >= 11 is 0. The van der Waals surface area contributed by atoms with Crippen LogP contribution in [-0.2, 0) is 9.59 Å². The predicted octanol–water partition coefficient (Wildman–Crippen LogP) is -0.229. The third-order valence-corrected chi connectivity index (χ3v) is 2.59. The van der Waals surface area contributed by atoms with E-state index in [1.54, 1.807) is 6.92 Å². The van der Waals surface area contributed by atoms with E-state index in [1.807, 2.05) is 0 Å². The van der Waals surface area contributed by atoms with Crippen LogP contribution in [0.2, 0.25) is 0 Å². The van der Waals surface area contributed by atoms with Gasteiger partial charge < -0.3 is 20.6 Å². The highest BCUT2D eigenvalue weighted by atomic mass is 16.4. The third-order valence-electron chi connectivity index (χ3n) is 2.59. The third kappa shape index (κ3) is 5.03. The van der Waals surface area contributed by atoms with Crippen LogP contribution in [0.3, 0.4) is 0 Å². The average Bonchev–Trinajstić information content (AvgIpc) is 3.11. The maximum absolute atomic E-state index is 11.8. The number of hydrogen-bond acceptors (Lipinski definition) is 3. The summed E-state index contributed by atoms with van der Waals surface area (Å²) in [5, 5.41) is 13.7. The molecule has 1 fully saturated rings. The fraction of sp³-hybridized carbons (Fsp3) is 0.727. The second kappa shape index (κ2) is 6.83. The van der Waals surface area contributed by atoms with E-state index >= 15 is 0 Å². The Labute approximate surface area is 106 Å². The Morgan fingerprint density at radius 3 is 2.44 bits per heavy atom. The second-order valence-corrected chi connectivity index (χ2v) is 4.18. The maximum atomic E-state index is 11.8. The molecular formula is C11H19N3O4. The molecule has 0 aliphatic heterocycles. The fourth-order valence-electron chi connectivity index (χ4n) is 1.57. The smallest absolute Gasteiger partial charge is 0.318 e. The Bertz CT molecular complexity index is 328. The molecule has 0 aromatic heterocycles. The number of nitrogens with zero attached hydrogens (tertiary/aromatic N) is 1. The summed E-state index contributed by atoms with van der Waals surface area (Å²) < 4.78 is 0. The molecule has 7 heteroatoms. The summed E-state index contributed by atoms with van der Waals surface area (Å²) in [6, 6.07) is -0.247. The van der Waals surface area contributed by atoms with E-state index in [4.69, 9.17) is 5.11 Å². The minimum Gasteiger partial charge on any atom is -0.481 e. The quantitative estimate of drug-likeness (QED) is 0.586. The van der Waals surface area contributed by atoms with E-state index in [-0.39, 0.29) is 37.5 Å². The van der Waals surface area contributed by atoms with Gasteiger partial charge in [-0.1, -0.05) is 0 Å². The molecule has 1 rings (SSSR count). The van der Waals surface area contributed by atoms with E-state index in [2.05, 4.69) is 10.6 Å². The Kier molecular flexibility index (Phi) is 5.41. The molecule has 0 bridgehead atoms. The number of rotatable bonds is 7. The van der Waals surface area contributed by atoms with Gasteiger partial charge in [0.15, 0.2) is 0 Å². The minimum atomic E-state index is -0.933. The van der Waals surface area contributed by atoms with Crippen molar-refractivity contribution in [1.82, 2.24) is 15.5 Å². The van der Waals surface area contributed by atoms with Crippen molar-refractivity contribution < 1.29 is 19.5 Å². The number of carbonyl (C=O) groups excluding carboxylic acids is 2. The summed E-state index contributed by atoms with van der Waals surface area (Å²) in [5.41, 5.74) is 0. The molecule has 7 nitrogen and oxygen atoms in total. The van der Waals surface area contributed by atoms with Gasteiger partial charge in [0.2, 0.25) is 5.91 Å². The minimum absolute atomic E-state index is 0.0783.